The number of carboxylic acid groups (broad SMARTS) is 1. The van der Waals surface area contributed by atoms with Gasteiger partial charge in [0.05, 0.1) is 9.35 Å². The van der Waals surface area contributed by atoms with Crippen LogP contribution in [0.25, 0.3) is 0 Å². The van der Waals surface area contributed by atoms with Crippen LogP contribution in [-0.2, 0) is 6.42 Å². The molecule has 27 heavy (non-hydrogen) atoms. The molecule has 0 aromatic carbocycles. The van der Waals surface area contributed by atoms with Crippen LogP contribution in [0, 0.1) is 5.92 Å². The predicted molar refractivity (Wildman–Crippen MR) is 122 cm³/mol. The monoisotopic (exact) mass is 458 g/mol. The first-order valence-electron chi connectivity index (χ1n) is 11.1. The SMILES string of the molecule is CCCCCCCCC(CCCCCC)CCCc1csc(Br)c1C(=O)O. The Morgan fingerprint density at radius 2 is 1.44 bits per heavy atom. The number of thiophene rings is 1. The van der Waals surface area contributed by atoms with Crippen LogP contribution in [0.5, 0.6) is 0 Å². The average molecular weight is 460 g/mol. The summed E-state index contributed by atoms with van der Waals surface area (Å²) in [4.78, 5) is 11.4. The zero-order chi connectivity index (χ0) is 19.9. The molecule has 1 aromatic heterocycles. The van der Waals surface area contributed by atoms with Gasteiger partial charge in [-0.2, -0.15) is 0 Å². The molecular formula is C23H39BrO2S. The van der Waals surface area contributed by atoms with E-state index in [1.165, 1.54) is 94.8 Å². The Morgan fingerprint density at radius 1 is 0.926 bits per heavy atom. The molecule has 0 aliphatic rings. The predicted octanol–water partition coefficient (Wildman–Crippen LogP) is 8.87. The quantitative estimate of drug-likeness (QED) is 0.236. The van der Waals surface area contributed by atoms with E-state index in [9.17, 15) is 9.90 Å². The lowest BCUT2D eigenvalue weighted by molar-refractivity contribution is 0.0695. The lowest BCUT2D eigenvalue weighted by Crippen LogP contribution is -2.04. The van der Waals surface area contributed by atoms with Crippen LogP contribution < -0.4 is 0 Å². The zero-order valence-electron chi connectivity index (χ0n) is 17.4. The largest absolute Gasteiger partial charge is 0.478 e. The molecule has 1 heterocycles. The van der Waals surface area contributed by atoms with Crippen LogP contribution >= 0.6 is 27.3 Å². The van der Waals surface area contributed by atoms with E-state index in [0.29, 0.717) is 5.56 Å². The molecule has 0 radical (unpaired) electrons. The van der Waals surface area contributed by atoms with E-state index in [1.54, 1.807) is 0 Å². The van der Waals surface area contributed by atoms with Crippen molar-refractivity contribution in [3.05, 3.63) is 20.3 Å². The topological polar surface area (TPSA) is 37.3 Å². The second-order valence-electron chi connectivity index (χ2n) is 7.88. The molecule has 1 rings (SSSR count). The number of aromatic carboxylic acids is 1. The van der Waals surface area contributed by atoms with Gasteiger partial charge in [-0.05, 0) is 45.6 Å². The fraction of sp³-hybridized carbons (Fsp3) is 0.783. The second-order valence-corrected chi connectivity index (χ2v) is 10.1. The lowest BCUT2D eigenvalue weighted by Gasteiger charge is -2.17. The van der Waals surface area contributed by atoms with Gasteiger partial charge in [0, 0.05) is 0 Å². The summed E-state index contributed by atoms with van der Waals surface area (Å²) in [6, 6.07) is 0. The van der Waals surface area contributed by atoms with Gasteiger partial charge in [0.25, 0.3) is 0 Å². The number of halogens is 1. The van der Waals surface area contributed by atoms with Gasteiger partial charge in [0.15, 0.2) is 0 Å². The van der Waals surface area contributed by atoms with Crippen molar-refractivity contribution in [2.75, 3.05) is 0 Å². The molecule has 1 unspecified atom stereocenters. The number of rotatable bonds is 17. The molecule has 0 amide bonds. The van der Waals surface area contributed by atoms with Gasteiger partial charge < -0.3 is 5.11 Å². The Labute approximate surface area is 179 Å². The number of carbonyl (C=O) groups is 1. The molecule has 0 bridgehead atoms. The van der Waals surface area contributed by atoms with Crippen LogP contribution in [0.15, 0.2) is 9.17 Å². The maximum absolute atomic E-state index is 11.4. The van der Waals surface area contributed by atoms with E-state index in [2.05, 4.69) is 29.8 Å². The molecule has 0 saturated carbocycles. The van der Waals surface area contributed by atoms with Crippen LogP contribution in [0.1, 0.15) is 120 Å². The Balaban J connectivity index is 2.39. The Morgan fingerprint density at radius 3 is 2.04 bits per heavy atom. The van der Waals surface area contributed by atoms with E-state index in [1.807, 2.05) is 5.38 Å². The number of unbranched alkanes of at least 4 members (excludes halogenated alkanes) is 8. The molecule has 0 fully saturated rings. The normalized spacial score (nSPS) is 12.4. The third-order valence-corrected chi connectivity index (χ3v) is 7.30. The molecule has 156 valence electrons. The van der Waals surface area contributed by atoms with Crippen molar-refractivity contribution in [1.29, 1.82) is 0 Å². The summed E-state index contributed by atoms with van der Waals surface area (Å²) >= 11 is 4.88. The molecular weight excluding hydrogens is 420 g/mol. The highest BCUT2D eigenvalue weighted by atomic mass is 79.9. The van der Waals surface area contributed by atoms with Crippen LogP contribution in [0.3, 0.4) is 0 Å². The van der Waals surface area contributed by atoms with E-state index in [-0.39, 0.29) is 0 Å². The van der Waals surface area contributed by atoms with Crippen molar-refractivity contribution in [3.8, 4) is 0 Å². The summed E-state index contributed by atoms with van der Waals surface area (Å²) in [7, 11) is 0. The van der Waals surface area contributed by atoms with E-state index in [4.69, 9.17) is 0 Å². The number of aryl methyl sites for hydroxylation is 1. The standard InChI is InChI=1S/C23H39BrO2S/c1-3-5-7-9-10-12-15-19(14-11-8-6-4-2)16-13-17-20-18-27-22(24)21(20)23(25)26/h18-19H,3-17H2,1-2H3,(H,25,26). The van der Waals surface area contributed by atoms with Gasteiger partial charge in [0.1, 0.15) is 0 Å². The fourth-order valence-corrected chi connectivity index (χ4v) is 5.38. The highest BCUT2D eigenvalue weighted by molar-refractivity contribution is 9.11. The van der Waals surface area contributed by atoms with E-state index in [0.717, 1.165) is 28.1 Å². The van der Waals surface area contributed by atoms with Crippen molar-refractivity contribution in [1.82, 2.24) is 0 Å². The molecule has 1 aromatic rings. The smallest absolute Gasteiger partial charge is 0.337 e. The van der Waals surface area contributed by atoms with Crippen LogP contribution in [0.4, 0.5) is 0 Å². The maximum atomic E-state index is 11.4. The minimum atomic E-state index is -0.804. The first kappa shape index (κ1) is 24.7. The molecule has 1 atom stereocenters. The Hall–Kier alpha value is -0.350. The van der Waals surface area contributed by atoms with Crippen molar-refractivity contribution < 1.29 is 9.90 Å². The maximum Gasteiger partial charge on any atom is 0.337 e. The Kier molecular flexibility index (Phi) is 14.2. The molecule has 2 nitrogen and oxygen atoms in total. The molecule has 0 saturated heterocycles. The van der Waals surface area contributed by atoms with E-state index < -0.39 is 5.97 Å². The van der Waals surface area contributed by atoms with Gasteiger partial charge in [0.2, 0.25) is 0 Å². The third-order valence-electron chi connectivity index (χ3n) is 5.53. The summed E-state index contributed by atoms with van der Waals surface area (Å²) < 4.78 is 0.758. The zero-order valence-corrected chi connectivity index (χ0v) is 19.8. The lowest BCUT2D eigenvalue weighted by atomic mass is 9.89. The highest BCUT2D eigenvalue weighted by Crippen LogP contribution is 2.30. The average Bonchev–Trinajstić information content (AvgIpc) is 3.01. The third kappa shape index (κ3) is 10.7. The van der Waals surface area contributed by atoms with Crippen LogP contribution in [0.2, 0.25) is 0 Å². The second kappa shape index (κ2) is 15.6. The summed E-state index contributed by atoms with van der Waals surface area (Å²) in [5.74, 6) is 0.0182. The van der Waals surface area contributed by atoms with Crippen molar-refractivity contribution in [2.24, 2.45) is 5.92 Å². The summed E-state index contributed by atoms with van der Waals surface area (Å²) in [5.41, 5.74) is 1.49. The number of hydrogen-bond acceptors (Lipinski definition) is 2. The molecule has 0 aliphatic carbocycles. The van der Waals surface area contributed by atoms with E-state index >= 15 is 0 Å². The highest BCUT2D eigenvalue weighted by Gasteiger charge is 2.17. The van der Waals surface area contributed by atoms with Gasteiger partial charge in [-0.3, -0.25) is 0 Å². The minimum absolute atomic E-state index is 0.482. The Bertz CT molecular complexity index is 512. The fourth-order valence-electron chi connectivity index (χ4n) is 3.86. The summed E-state index contributed by atoms with van der Waals surface area (Å²) in [6.07, 6.45) is 19.6. The molecule has 1 N–H and O–H groups in total. The summed E-state index contributed by atoms with van der Waals surface area (Å²) in [6.45, 7) is 4.54. The van der Waals surface area contributed by atoms with Crippen molar-refractivity contribution >= 4 is 33.2 Å². The van der Waals surface area contributed by atoms with Crippen LogP contribution in [-0.4, -0.2) is 11.1 Å². The first-order valence-corrected chi connectivity index (χ1v) is 12.8. The van der Waals surface area contributed by atoms with Gasteiger partial charge in [-0.25, -0.2) is 4.79 Å². The molecule has 0 spiro atoms. The van der Waals surface area contributed by atoms with Crippen molar-refractivity contribution in [2.45, 2.75) is 110 Å². The molecule has 4 heteroatoms. The van der Waals surface area contributed by atoms with Crippen molar-refractivity contribution in [3.63, 3.8) is 0 Å². The minimum Gasteiger partial charge on any atom is -0.478 e. The number of hydrogen-bond donors (Lipinski definition) is 1. The number of carboxylic acids is 1. The van der Waals surface area contributed by atoms with Gasteiger partial charge >= 0.3 is 5.97 Å². The van der Waals surface area contributed by atoms with Gasteiger partial charge in [-0.15, -0.1) is 11.3 Å². The summed E-state index contributed by atoms with van der Waals surface area (Å²) in [5, 5.41) is 11.4. The first-order chi connectivity index (χ1) is 13.1. The van der Waals surface area contributed by atoms with Gasteiger partial charge in [-0.1, -0.05) is 97.3 Å². The molecule has 0 aliphatic heterocycles.